The molecule has 70 valence electrons. The van der Waals surface area contributed by atoms with Gasteiger partial charge in [0.05, 0.1) is 0 Å². The van der Waals surface area contributed by atoms with Crippen molar-refractivity contribution in [1.29, 1.82) is 0 Å². The first-order valence-corrected chi connectivity index (χ1v) is 5.95. The molecule has 0 nitrogen and oxygen atoms in total. The van der Waals surface area contributed by atoms with E-state index < -0.39 is 0 Å². The lowest BCUT2D eigenvalue weighted by molar-refractivity contribution is 0.300. The van der Waals surface area contributed by atoms with E-state index in [0.29, 0.717) is 0 Å². The molecule has 0 aromatic heterocycles. The monoisotopic (exact) mass is 166 g/mol. The third-order valence-electron chi connectivity index (χ3n) is 3.87. The number of hydrogen-bond donors (Lipinski definition) is 0. The van der Waals surface area contributed by atoms with E-state index in [4.69, 9.17) is 0 Å². The van der Waals surface area contributed by atoms with Crippen molar-refractivity contribution in [3.05, 3.63) is 0 Å². The van der Waals surface area contributed by atoms with Crippen LogP contribution in [0.3, 0.4) is 0 Å². The number of rotatable bonds is 0. The minimum absolute atomic E-state index is 1.12. The van der Waals surface area contributed by atoms with Crippen LogP contribution in [0.15, 0.2) is 0 Å². The van der Waals surface area contributed by atoms with Crippen LogP contribution in [-0.4, -0.2) is 0 Å². The van der Waals surface area contributed by atoms with Gasteiger partial charge in [0.1, 0.15) is 0 Å². The van der Waals surface area contributed by atoms with Gasteiger partial charge in [0.2, 0.25) is 0 Å². The molecule has 2 fully saturated rings. The predicted octanol–water partition coefficient (Wildman–Crippen LogP) is 4.15. The average Bonchev–Trinajstić information content (AvgIpc) is 2.25. The van der Waals surface area contributed by atoms with Crippen molar-refractivity contribution in [3.8, 4) is 0 Å². The molecule has 2 atom stereocenters. The Hall–Kier alpha value is 0. The predicted molar refractivity (Wildman–Crippen MR) is 53.2 cm³/mol. The highest BCUT2D eigenvalue weighted by Gasteiger charge is 2.21. The molecule has 2 bridgehead atoms. The summed E-state index contributed by atoms with van der Waals surface area (Å²) < 4.78 is 0. The molecular formula is C12H22. The standard InChI is InChI=1S/C12H22/c1-2-6-11-8-4-5-9-12(10-11)7-3-1/h11-12H,1-10H2/t11-,12?/m0/s1. The van der Waals surface area contributed by atoms with Gasteiger partial charge < -0.3 is 0 Å². The molecule has 0 heteroatoms. The normalized spacial score (nSPS) is 38.0. The van der Waals surface area contributed by atoms with Crippen LogP contribution in [-0.2, 0) is 0 Å². The van der Waals surface area contributed by atoms with Gasteiger partial charge in [0.15, 0.2) is 0 Å². The molecule has 2 aliphatic carbocycles. The van der Waals surface area contributed by atoms with E-state index in [1.807, 2.05) is 0 Å². The molecule has 0 radical (unpaired) electrons. The molecule has 0 saturated heterocycles. The van der Waals surface area contributed by atoms with Crippen LogP contribution in [0.5, 0.6) is 0 Å². The quantitative estimate of drug-likeness (QED) is 0.507. The molecule has 0 aromatic carbocycles. The van der Waals surface area contributed by atoms with Gasteiger partial charge in [-0.2, -0.15) is 0 Å². The minimum atomic E-state index is 1.12. The molecule has 0 spiro atoms. The van der Waals surface area contributed by atoms with Gasteiger partial charge in [-0.05, 0) is 18.3 Å². The van der Waals surface area contributed by atoms with E-state index in [2.05, 4.69) is 0 Å². The van der Waals surface area contributed by atoms with Crippen molar-refractivity contribution < 1.29 is 0 Å². The summed E-state index contributed by atoms with van der Waals surface area (Å²) in [7, 11) is 0. The summed E-state index contributed by atoms with van der Waals surface area (Å²) in [6.45, 7) is 0. The smallest absolute Gasteiger partial charge is 0.0412 e. The minimum Gasteiger partial charge on any atom is -0.0533 e. The molecule has 12 heavy (non-hydrogen) atoms. The van der Waals surface area contributed by atoms with E-state index >= 15 is 0 Å². The maximum Gasteiger partial charge on any atom is -0.0412 e. The highest BCUT2D eigenvalue weighted by atomic mass is 14.3. The van der Waals surface area contributed by atoms with Crippen LogP contribution < -0.4 is 0 Å². The van der Waals surface area contributed by atoms with Crippen molar-refractivity contribution in [2.75, 3.05) is 0 Å². The third-order valence-corrected chi connectivity index (χ3v) is 3.87. The summed E-state index contributed by atoms with van der Waals surface area (Å²) in [5.74, 6) is 2.25. The topological polar surface area (TPSA) is 0 Å². The van der Waals surface area contributed by atoms with Crippen molar-refractivity contribution in [3.63, 3.8) is 0 Å². The molecule has 0 aromatic rings. The van der Waals surface area contributed by atoms with Crippen LogP contribution in [0.1, 0.15) is 64.2 Å². The molecular weight excluding hydrogens is 144 g/mol. The second-order valence-corrected chi connectivity index (χ2v) is 4.89. The van der Waals surface area contributed by atoms with Crippen molar-refractivity contribution in [2.45, 2.75) is 64.2 Å². The van der Waals surface area contributed by atoms with Crippen molar-refractivity contribution >= 4 is 0 Å². The lowest BCUT2D eigenvalue weighted by atomic mass is 9.83. The zero-order chi connectivity index (χ0) is 8.23. The van der Waals surface area contributed by atoms with Crippen LogP contribution in [0.4, 0.5) is 0 Å². The van der Waals surface area contributed by atoms with E-state index in [9.17, 15) is 0 Å². The lowest BCUT2D eigenvalue weighted by Crippen LogP contribution is -2.09. The van der Waals surface area contributed by atoms with Gasteiger partial charge >= 0.3 is 0 Å². The summed E-state index contributed by atoms with van der Waals surface area (Å²) in [6, 6.07) is 0. The van der Waals surface area contributed by atoms with Crippen LogP contribution in [0.25, 0.3) is 0 Å². The zero-order valence-corrected chi connectivity index (χ0v) is 8.23. The molecule has 2 aliphatic rings. The fourth-order valence-electron chi connectivity index (χ4n) is 3.14. The Morgan fingerprint density at radius 2 is 0.917 bits per heavy atom. The molecule has 2 rings (SSSR count). The van der Waals surface area contributed by atoms with Gasteiger partial charge in [-0.1, -0.05) is 57.8 Å². The second-order valence-electron chi connectivity index (χ2n) is 4.89. The number of fused-ring (bicyclic) bond motifs is 2. The Bertz CT molecular complexity index is 114. The molecule has 0 aliphatic heterocycles. The Morgan fingerprint density at radius 1 is 0.500 bits per heavy atom. The van der Waals surface area contributed by atoms with Crippen LogP contribution in [0.2, 0.25) is 0 Å². The Labute approximate surface area is 76.7 Å². The number of hydrogen-bond acceptors (Lipinski definition) is 0. The summed E-state index contributed by atoms with van der Waals surface area (Å²) >= 11 is 0. The van der Waals surface area contributed by atoms with Crippen molar-refractivity contribution in [1.82, 2.24) is 0 Å². The summed E-state index contributed by atoms with van der Waals surface area (Å²) in [5.41, 5.74) is 0. The maximum absolute atomic E-state index is 1.58. The molecule has 2 saturated carbocycles. The Balaban J connectivity index is 1.92. The first-order chi connectivity index (χ1) is 5.95. The highest BCUT2D eigenvalue weighted by Crippen LogP contribution is 2.35. The van der Waals surface area contributed by atoms with Crippen LogP contribution in [0, 0.1) is 11.8 Å². The van der Waals surface area contributed by atoms with Crippen molar-refractivity contribution in [2.24, 2.45) is 11.8 Å². The average molecular weight is 166 g/mol. The molecule has 0 heterocycles. The molecule has 1 unspecified atom stereocenters. The fourth-order valence-corrected chi connectivity index (χ4v) is 3.14. The highest BCUT2D eigenvalue weighted by molar-refractivity contribution is 4.73. The van der Waals surface area contributed by atoms with Gasteiger partial charge in [-0.3, -0.25) is 0 Å². The molecule has 0 amide bonds. The Kier molecular flexibility index (Phi) is 3.08. The zero-order valence-electron chi connectivity index (χ0n) is 8.23. The second kappa shape index (κ2) is 4.30. The van der Waals surface area contributed by atoms with Gasteiger partial charge in [-0.25, -0.2) is 0 Å². The first kappa shape index (κ1) is 8.59. The summed E-state index contributed by atoms with van der Waals surface area (Å²) in [4.78, 5) is 0. The van der Waals surface area contributed by atoms with Gasteiger partial charge in [0, 0.05) is 0 Å². The van der Waals surface area contributed by atoms with Gasteiger partial charge in [-0.15, -0.1) is 0 Å². The van der Waals surface area contributed by atoms with E-state index in [0.717, 1.165) is 11.8 Å². The fraction of sp³-hybridized carbons (Fsp3) is 1.00. The van der Waals surface area contributed by atoms with Gasteiger partial charge in [0.25, 0.3) is 0 Å². The largest absolute Gasteiger partial charge is 0.0533 e. The SMILES string of the molecule is C1CCC2CCCC[C@H](CC1)C2. The maximum atomic E-state index is 1.58. The first-order valence-electron chi connectivity index (χ1n) is 5.95. The molecule has 0 N–H and O–H groups in total. The summed E-state index contributed by atoms with van der Waals surface area (Å²) in [5, 5.41) is 0. The van der Waals surface area contributed by atoms with E-state index in [-0.39, 0.29) is 0 Å². The lowest BCUT2D eigenvalue weighted by Gasteiger charge is -2.22. The third kappa shape index (κ3) is 2.24. The van der Waals surface area contributed by atoms with E-state index in [1.165, 1.54) is 32.1 Å². The summed E-state index contributed by atoms with van der Waals surface area (Å²) in [6.07, 6.45) is 15.4. The Morgan fingerprint density at radius 3 is 1.42 bits per heavy atom. The van der Waals surface area contributed by atoms with E-state index in [1.54, 1.807) is 32.1 Å². The van der Waals surface area contributed by atoms with Crippen LogP contribution >= 0.6 is 0 Å².